The van der Waals surface area contributed by atoms with Crippen molar-refractivity contribution in [1.29, 1.82) is 0 Å². The van der Waals surface area contributed by atoms with Crippen LogP contribution in [0.3, 0.4) is 0 Å². The van der Waals surface area contributed by atoms with Crippen LogP contribution in [0.4, 0.5) is 0 Å². The van der Waals surface area contributed by atoms with Crippen molar-refractivity contribution in [3.05, 3.63) is 23.8 Å². The van der Waals surface area contributed by atoms with Gasteiger partial charge in [0.15, 0.2) is 11.5 Å². The van der Waals surface area contributed by atoms with Crippen molar-refractivity contribution >= 4 is 18.3 Å². The third-order valence-corrected chi connectivity index (χ3v) is 4.18. The van der Waals surface area contributed by atoms with Crippen LogP contribution in [0.5, 0.6) is 11.5 Å². The number of unbranched alkanes of at least 4 members (excludes halogenated alkanes) is 1. The fraction of sp³-hybridized carbons (Fsp3) is 0.611. The van der Waals surface area contributed by atoms with Crippen molar-refractivity contribution in [1.82, 2.24) is 10.6 Å². The van der Waals surface area contributed by atoms with Crippen LogP contribution in [0.2, 0.25) is 0 Å². The predicted molar refractivity (Wildman–Crippen MR) is 98.6 cm³/mol. The SMILES string of the molecule is CCCCOc1ccc(C(=O)NCCC2CCNC2)cc1OC.Cl. The third-order valence-electron chi connectivity index (χ3n) is 4.18. The van der Waals surface area contributed by atoms with E-state index < -0.39 is 0 Å². The smallest absolute Gasteiger partial charge is 0.251 e. The first-order chi connectivity index (χ1) is 11.2. The van der Waals surface area contributed by atoms with Crippen molar-refractivity contribution in [2.75, 3.05) is 33.4 Å². The predicted octanol–water partition coefficient (Wildman–Crippen LogP) is 3.03. The third kappa shape index (κ3) is 6.21. The maximum atomic E-state index is 12.2. The van der Waals surface area contributed by atoms with Crippen LogP contribution in [0.25, 0.3) is 0 Å². The van der Waals surface area contributed by atoms with Gasteiger partial charge in [-0.25, -0.2) is 0 Å². The monoisotopic (exact) mass is 356 g/mol. The fourth-order valence-electron chi connectivity index (χ4n) is 2.71. The van der Waals surface area contributed by atoms with Gasteiger partial charge in [0, 0.05) is 12.1 Å². The Labute approximate surface area is 150 Å². The van der Waals surface area contributed by atoms with Crippen LogP contribution in [-0.2, 0) is 0 Å². The van der Waals surface area contributed by atoms with Gasteiger partial charge in [-0.3, -0.25) is 4.79 Å². The van der Waals surface area contributed by atoms with Crippen molar-refractivity contribution in [2.24, 2.45) is 5.92 Å². The van der Waals surface area contributed by atoms with Gasteiger partial charge in [0.05, 0.1) is 13.7 Å². The van der Waals surface area contributed by atoms with Gasteiger partial charge in [0.25, 0.3) is 5.91 Å². The number of hydrogen-bond acceptors (Lipinski definition) is 4. The first kappa shape index (κ1) is 20.6. The Hall–Kier alpha value is -1.46. The summed E-state index contributed by atoms with van der Waals surface area (Å²) in [4.78, 5) is 12.2. The molecule has 5 nitrogen and oxygen atoms in total. The van der Waals surface area contributed by atoms with Gasteiger partial charge in [-0.05, 0) is 56.5 Å². The van der Waals surface area contributed by atoms with E-state index in [1.54, 1.807) is 19.2 Å². The van der Waals surface area contributed by atoms with Gasteiger partial charge >= 0.3 is 0 Å². The molecule has 24 heavy (non-hydrogen) atoms. The lowest BCUT2D eigenvalue weighted by Gasteiger charge is -2.13. The van der Waals surface area contributed by atoms with Gasteiger partial charge in [-0.1, -0.05) is 13.3 Å². The van der Waals surface area contributed by atoms with Crippen molar-refractivity contribution in [2.45, 2.75) is 32.6 Å². The molecule has 1 heterocycles. The highest BCUT2D eigenvalue weighted by atomic mass is 35.5. The van der Waals surface area contributed by atoms with E-state index >= 15 is 0 Å². The van der Waals surface area contributed by atoms with Gasteiger partial charge in [-0.2, -0.15) is 0 Å². The molecule has 0 saturated carbocycles. The average molecular weight is 357 g/mol. The maximum absolute atomic E-state index is 12.2. The minimum atomic E-state index is -0.0608. The molecule has 136 valence electrons. The molecule has 0 bridgehead atoms. The summed E-state index contributed by atoms with van der Waals surface area (Å²) in [6.07, 6.45) is 4.31. The van der Waals surface area contributed by atoms with E-state index in [4.69, 9.17) is 9.47 Å². The number of carbonyl (C=O) groups is 1. The summed E-state index contributed by atoms with van der Waals surface area (Å²) in [5, 5.41) is 6.33. The number of methoxy groups -OCH3 is 1. The number of halogens is 1. The van der Waals surface area contributed by atoms with Gasteiger partial charge < -0.3 is 20.1 Å². The quantitative estimate of drug-likeness (QED) is 0.668. The molecule has 1 unspecified atom stereocenters. The van der Waals surface area contributed by atoms with Crippen LogP contribution < -0.4 is 20.1 Å². The highest BCUT2D eigenvalue weighted by molar-refractivity contribution is 5.94. The van der Waals surface area contributed by atoms with E-state index in [9.17, 15) is 4.79 Å². The Morgan fingerprint density at radius 2 is 2.21 bits per heavy atom. The number of amides is 1. The molecule has 1 fully saturated rings. The molecule has 1 aromatic carbocycles. The van der Waals surface area contributed by atoms with E-state index in [1.807, 2.05) is 6.07 Å². The number of ether oxygens (including phenoxy) is 2. The Bertz CT molecular complexity index is 505. The summed E-state index contributed by atoms with van der Waals surface area (Å²) < 4.78 is 11.0. The number of nitrogens with one attached hydrogen (secondary N) is 2. The second-order valence-corrected chi connectivity index (χ2v) is 5.97. The van der Waals surface area contributed by atoms with E-state index in [0.29, 0.717) is 36.1 Å². The van der Waals surface area contributed by atoms with Crippen LogP contribution in [-0.4, -0.2) is 39.3 Å². The standard InChI is InChI=1S/C18H28N2O3.ClH/c1-3-4-11-23-16-6-5-15(12-17(16)22-2)18(21)20-10-8-14-7-9-19-13-14;/h5-6,12,14,19H,3-4,7-11,13H2,1-2H3,(H,20,21);1H. The van der Waals surface area contributed by atoms with E-state index in [0.717, 1.165) is 32.4 Å². The molecule has 0 aromatic heterocycles. The molecule has 1 amide bonds. The Morgan fingerprint density at radius 3 is 2.88 bits per heavy atom. The summed E-state index contributed by atoms with van der Waals surface area (Å²) in [7, 11) is 1.59. The van der Waals surface area contributed by atoms with Crippen LogP contribution in [0.1, 0.15) is 43.0 Å². The molecule has 1 aliphatic rings. The minimum Gasteiger partial charge on any atom is -0.493 e. The number of benzene rings is 1. The maximum Gasteiger partial charge on any atom is 0.251 e. The molecular formula is C18H29ClN2O3. The van der Waals surface area contributed by atoms with Gasteiger partial charge in [0.1, 0.15) is 0 Å². The van der Waals surface area contributed by atoms with Crippen LogP contribution in [0, 0.1) is 5.92 Å². The first-order valence-corrected chi connectivity index (χ1v) is 8.54. The molecule has 1 saturated heterocycles. The minimum absolute atomic E-state index is 0. The highest BCUT2D eigenvalue weighted by Crippen LogP contribution is 2.28. The largest absolute Gasteiger partial charge is 0.493 e. The number of hydrogen-bond donors (Lipinski definition) is 2. The lowest BCUT2D eigenvalue weighted by Crippen LogP contribution is -2.26. The summed E-state index contributed by atoms with van der Waals surface area (Å²) in [6, 6.07) is 5.34. The Morgan fingerprint density at radius 1 is 1.38 bits per heavy atom. The second-order valence-electron chi connectivity index (χ2n) is 5.97. The molecular weight excluding hydrogens is 328 g/mol. The fourth-order valence-corrected chi connectivity index (χ4v) is 2.71. The molecule has 2 rings (SSSR count). The van der Waals surface area contributed by atoms with E-state index in [-0.39, 0.29) is 18.3 Å². The molecule has 2 N–H and O–H groups in total. The topological polar surface area (TPSA) is 59.6 Å². The molecule has 6 heteroatoms. The molecule has 1 aromatic rings. The van der Waals surface area contributed by atoms with Crippen molar-refractivity contribution in [3.63, 3.8) is 0 Å². The second kappa shape index (κ2) is 11.2. The molecule has 1 aliphatic heterocycles. The molecule has 0 spiro atoms. The highest BCUT2D eigenvalue weighted by Gasteiger charge is 2.15. The normalized spacial score (nSPS) is 16.3. The summed E-state index contributed by atoms with van der Waals surface area (Å²) in [6.45, 7) is 5.65. The molecule has 0 radical (unpaired) electrons. The lowest BCUT2D eigenvalue weighted by atomic mass is 10.1. The Kier molecular flexibility index (Phi) is 9.57. The summed E-state index contributed by atoms with van der Waals surface area (Å²) in [5.74, 6) is 1.91. The molecule has 0 aliphatic carbocycles. The van der Waals surface area contributed by atoms with Gasteiger partial charge in [-0.15, -0.1) is 12.4 Å². The zero-order valence-electron chi connectivity index (χ0n) is 14.6. The first-order valence-electron chi connectivity index (χ1n) is 8.54. The number of rotatable bonds is 9. The summed E-state index contributed by atoms with van der Waals surface area (Å²) >= 11 is 0. The van der Waals surface area contributed by atoms with E-state index in [2.05, 4.69) is 17.6 Å². The molecule has 1 atom stereocenters. The van der Waals surface area contributed by atoms with Crippen molar-refractivity contribution < 1.29 is 14.3 Å². The zero-order chi connectivity index (χ0) is 16.5. The van der Waals surface area contributed by atoms with E-state index in [1.165, 1.54) is 6.42 Å². The van der Waals surface area contributed by atoms with Crippen LogP contribution in [0.15, 0.2) is 18.2 Å². The number of carbonyl (C=O) groups excluding carboxylic acids is 1. The van der Waals surface area contributed by atoms with Crippen molar-refractivity contribution in [3.8, 4) is 11.5 Å². The van der Waals surface area contributed by atoms with Gasteiger partial charge in [0.2, 0.25) is 0 Å². The summed E-state index contributed by atoms with van der Waals surface area (Å²) in [5.41, 5.74) is 0.606. The lowest BCUT2D eigenvalue weighted by molar-refractivity contribution is 0.0951. The average Bonchev–Trinajstić information content (AvgIpc) is 3.08. The zero-order valence-corrected chi connectivity index (χ0v) is 15.4. The Balaban J connectivity index is 0.00000288. The van der Waals surface area contributed by atoms with Crippen LogP contribution >= 0.6 is 12.4 Å².